The molecular formula is C16H22N2O. The van der Waals surface area contributed by atoms with Gasteiger partial charge in [-0.05, 0) is 41.8 Å². The van der Waals surface area contributed by atoms with E-state index >= 15 is 0 Å². The summed E-state index contributed by atoms with van der Waals surface area (Å²) < 4.78 is 5.72. The van der Waals surface area contributed by atoms with Gasteiger partial charge in [-0.15, -0.1) is 0 Å². The Morgan fingerprint density at radius 1 is 1.37 bits per heavy atom. The van der Waals surface area contributed by atoms with E-state index in [0.29, 0.717) is 12.0 Å². The molecule has 3 heteroatoms. The topological polar surface area (TPSA) is 37.0 Å². The number of aromatic nitrogens is 1. The Balaban J connectivity index is 1.54. The second-order valence-electron chi connectivity index (χ2n) is 5.40. The maximum atomic E-state index is 5.72. The standard InChI is InChI=1S/C16H22N2O/c1-2-16-14(6-8-19-16)11-17-10-12-3-4-13-5-7-18-15(13)9-12/h3-5,7,9,14,16-18H,2,6,8,10-11H2,1H3. The molecule has 0 spiro atoms. The number of ether oxygens (including phenoxy) is 1. The lowest BCUT2D eigenvalue weighted by molar-refractivity contribution is 0.0872. The van der Waals surface area contributed by atoms with Crippen LogP contribution in [-0.2, 0) is 11.3 Å². The third-order valence-electron chi connectivity index (χ3n) is 4.10. The molecule has 2 atom stereocenters. The first kappa shape index (κ1) is 12.7. The first-order valence-corrected chi connectivity index (χ1v) is 7.25. The van der Waals surface area contributed by atoms with E-state index in [2.05, 4.69) is 41.5 Å². The summed E-state index contributed by atoms with van der Waals surface area (Å²) in [6.45, 7) is 5.13. The fraction of sp³-hybridized carbons (Fsp3) is 0.500. The third-order valence-corrected chi connectivity index (χ3v) is 4.10. The van der Waals surface area contributed by atoms with Crippen molar-refractivity contribution in [3.05, 3.63) is 36.0 Å². The smallest absolute Gasteiger partial charge is 0.0613 e. The average Bonchev–Trinajstić information content (AvgIpc) is 3.06. The van der Waals surface area contributed by atoms with E-state index in [1.54, 1.807) is 0 Å². The Hall–Kier alpha value is -1.32. The monoisotopic (exact) mass is 258 g/mol. The van der Waals surface area contributed by atoms with E-state index in [1.807, 2.05) is 6.20 Å². The van der Waals surface area contributed by atoms with Gasteiger partial charge in [0, 0.05) is 31.4 Å². The predicted molar refractivity (Wildman–Crippen MR) is 78.1 cm³/mol. The Morgan fingerprint density at radius 3 is 3.21 bits per heavy atom. The van der Waals surface area contributed by atoms with Crippen LogP contribution in [-0.4, -0.2) is 24.2 Å². The Bertz CT molecular complexity index is 534. The number of rotatable bonds is 5. The summed E-state index contributed by atoms with van der Waals surface area (Å²) in [4.78, 5) is 3.26. The van der Waals surface area contributed by atoms with E-state index in [4.69, 9.17) is 4.74 Å². The van der Waals surface area contributed by atoms with Crippen molar-refractivity contribution in [3.8, 4) is 0 Å². The molecule has 1 fully saturated rings. The number of H-pyrrole nitrogens is 1. The van der Waals surface area contributed by atoms with Gasteiger partial charge in [0.25, 0.3) is 0 Å². The minimum Gasteiger partial charge on any atom is -0.378 e. The second kappa shape index (κ2) is 5.76. The normalized spacial score (nSPS) is 23.2. The van der Waals surface area contributed by atoms with Gasteiger partial charge in [-0.3, -0.25) is 0 Å². The molecule has 0 bridgehead atoms. The van der Waals surface area contributed by atoms with Crippen LogP contribution < -0.4 is 5.32 Å². The fourth-order valence-electron chi connectivity index (χ4n) is 2.98. The molecule has 0 radical (unpaired) electrons. The van der Waals surface area contributed by atoms with Crippen LogP contribution >= 0.6 is 0 Å². The number of hydrogen-bond donors (Lipinski definition) is 2. The molecule has 19 heavy (non-hydrogen) atoms. The summed E-state index contributed by atoms with van der Waals surface area (Å²) in [5, 5.41) is 4.85. The van der Waals surface area contributed by atoms with Gasteiger partial charge in [-0.25, -0.2) is 0 Å². The van der Waals surface area contributed by atoms with Crippen molar-refractivity contribution < 1.29 is 4.74 Å². The van der Waals surface area contributed by atoms with Crippen LogP contribution in [0, 0.1) is 5.92 Å². The van der Waals surface area contributed by atoms with Crippen LogP contribution in [0.4, 0.5) is 0 Å². The molecule has 0 aliphatic carbocycles. The minimum atomic E-state index is 0.457. The highest BCUT2D eigenvalue weighted by atomic mass is 16.5. The zero-order chi connectivity index (χ0) is 13.1. The number of hydrogen-bond acceptors (Lipinski definition) is 2. The zero-order valence-electron chi connectivity index (χ0n) is 11.5. The van der Waals surface area contributed by atoms with Crippen LogP contribution in [0.1, 0.15) is 25.3 Å². The molecule has 1 aliphatic heterocycles. The molecule has 1 aliphatic rings. The summed E-state index contributed by atoms with van der Waals surface area (Å²) in [6, 6.07) is 8.71. The number of benzene rings is 1. The van der Waals surface area contributed by atoms with Crippen molar-refractivity contribution in [1.82, 2.24) is 10.3 Å². The summed E-state index contributed by atoms with van der Waals surface area (Å²) in [5.41, 5.74) is 2.55. The number of fused-ring (bicyclic) bond motifs is 1. The van der Waals surface area contributed by atoms with Gasteiger partial charge in [-0.2, -0.15) is 0 Å². The number of nitrogens with one attached hydrogen (secondary N) is 2. The SMILES string of the molecule is CCC1OCCC1CNCc1ccc2cc[nH]c2c1. The molecule has 2 aromatic rings. The first-order chi connectivity index (χ1) is 9.36. The molecule has 0 saturated carbocycles. The molecule has 1 aromatic heterocycles. The van der Waals surface area contributed by atoms with E-state index in [0.717, 1.165) is 26.1 Å². The van der Waals surface area contributed by atoms with E-state index < -0.39 is 0 Å². The molecule has 2 N–H and O–H groups in total. The summed E-state index contributed by atoms with van der Waals surface area (Å²) in [6.07, 6.45) is 4.77. The largest absolute Gasteiger partial charge is 0.378 e. The van der Waals surface area contributed by atoms with E-state index in [1.165, 1.54) is 22.9 Å². The lowest BCUT2D eigenvalue weighted by Gasteiger charge is -2.17. The second-order valence-corrected chi connectivity index (χ2v) is 5.40. The van der Waals surface area contributed by atoms with Crippen LogP contribution in [0.5, 0.6) is 0 Å². The summed E-state index contributed by atoms with van der Waals surface area (Å²) in [7, 11) is 0. The van der Waals surface area contributed by atoms with Crippen molar-refractivity contribution >= 4 is 10.9 Å². The highest BCUT2D eigenvalue weighted by molar-refractivity contribution is 5.79. The molecule has 3 nitrogen and oxygen atoms in total. The van der Waals surface area contributed by atoms with Crippen molar-refractivity contribution in [1.29, 1.82) is 0 Å². The predicted octanol–water partition coefficient (Wildman–Crippen LogP) is 3.07. The van der Waals surface area contributed by atoms with Gasteiger partial charge in [0.2, 0.25) is 0 Å². The van der Waals surface area contributed by atoms with E-state index in [9.17, 15) is 0 Å². The van der Waals surface area contributed by atoms with Crippen LogP contribution in [0.25, 0.3) is 10.9 Å². The van der Waals surface area contributed by atoms with Crippen molar-refractivity contribution in [3.63, 3.8) is 0 Å². The molecule has 2 heterocycles. The molecular weight excluding hydrogens is 236 g/mol. The maximum absolute atomic E-state index is 5.72. The highest BCUT2D eigenvalue weighted by Gasteiger charge is 2.25. The van der Waals surface area contributed by atoms with Crippen molar-refractivity contribution in [2.24, 2.45) is 5.92 Å². The van der Waals surface area contributed by atoms with Gasteiger partial charge in [0.05, 0.1) is 6.10 Å². The molecule has 3 rings (SSSR count). The minimum absolute atomic E-state index is 0.457. The van der Waals surface area contributed by atoms with Gasteiger partial charge in [-0.1, -0.05) is 19.1 Å². The summed E-state index contributed by atoms with van der Waals surface area (Å²) in [5.74, 6) is 0.680. The van der Waals surface area contributed by atoms with Gasteiger partial charge < -0.3 is 15.0 Å². The molecule has 1 aromatic carbocycles. The third kappa shape index (κ3) is 2.82. The van der Waals surface area contributed by atoms with Crippen LogP contribution in [0.2, 0.25) is 0 Å². The maximum Gasteiger partial charge on any atom is 0.0613 e. The van der Waals surface area contributed by atoms with Gasteiger partial charge in [0.1, 0.15) is 0 Å². The lowest BCUT2D eigenvalue weighted by Crippen LogP contribution is -2.27. The Kier molecular flexibility index (Phi) is 3.85. The lowest BCUT2D eigenvalue weighted by atomic mass is 9.99. The molecule has 2 unspecified atom stereocenters. The fourth-order valence-corrected chi connectivity index (χ4v) is 2.98. The summed E-state index contributed by atoms with van der Waals surface area (Å²) >= 11 is 0. The molecule has 0 amide bonds. The number of aromatic amines is 1. The van der Waals surface area contributed by atoms with Gasteiger partial charge >= 0.3 is 0 Å². The average molecular weight is 258 g/mol. The van der Waals surface area contributed by atoms with Crippen LogP contribution in [0.3, 0.4) is 0 Å². The van der Waals surface area contributed by atoms with Gasteiger partial charge in [0.15, 0.2) is 0 Å². The quantitative estimate of drug-likeness (QED) is 0.865. The molecule has 102 valence electrons. The van der Waals surface area contributed by atoms with E-state index in [-0.39, 0.29) is 0 Å². The zero-order valence-corrected chi connectivity index (χ0v) is 11.5. The molecule has 1 saturated heterocycles. The highest BCUT2D eigenvalue weighted by Crippen LogP contribution is 2.22. The van der Waals surface area contributed by atoms with Crippen LogP contribution in [0.15, 0.2) is 30.5 Å². The Labute approximate surface area is 114 Å². The first-order valence-electron chi connectivity index (χ1n) is 7.25. The Morgan fingerprint density at radius 2 is 2.32 bits per heavy atom. The van der Waals surface area contributed by atoms with Crippen molar-refractivity contribution in [2.75, 3.05) is 13.2 Å². The van der Waals surface area contributed by atoms with Crippen molar-refractivity contribution in [2.45, 2.75) is 32.4 Å².